The highest BCUT2D eigenvalue weighted by Crippen LogP contribution is 2.09. The van der Waals surface area contributed by atoms with Gasteiger partial charge in [0.2, 0.25) is 0 Å². The molecule has 10 heavy (non-hydrogen) atoms. The topological polar surface area (TPSA) is 17.1 Å². The molecule has 0 aliphatic heterocycles. The lowest BCUT2D eigenvalue weighted by atomic mass is 10.4. The SMILES string of the molecule is O=[S@](Cl)c1ccc(F)cc1. The fraction of sp³-hybridized carbons (Fsp3) is 0. The Labute approximate surface area is 64.8 Å². The van der Waals surface area contributed by atoms with Gasteiger partial charge in [-0.2, -0.15) is 0 Å². The first-order valence-corrected chi connectivity index (χ1v) is 4.51. The fourth-order valence-electron chi connectivity index (χ4n) is 0.542. The molecule has 0 radical (unpaired) electrons. The van der Waals surface area contributed by atoms with Crippen LogP contribution >= 0.6 is 10.7 Å². The molecular weight excluding hydrogens is 175 g/mol. The lowest BCUT2D eigenvalue weighted by molar-refractivity contribution is 0.626. The van der Waals surface area contributed by atoms with Gasteiger partial charge in [0, 0.05) is 0 Å². The van der Waals surface area contributed by atoms with Gasteiger partial charge in [-0.1, -0.05) is 0 Å². The Morgan fingerprint density at radius 2 is 1.80 bits per heavy atom. The minimum Gasteiger partial charge on any atom is -0.237 e. The van der Waals surface area contributed by atoms with E-state index in [1.54, 1.807) is 0 Å². The van der Waals surface area contributed by atoms with Crippen LogP contribution in [0.3, 0.4) is 0 Å². The van der Waals surface area contributed by atoms with E-state index in [0.29, 0.717) is 4.90 Å². The highest BCUT2D eigenvalue weighted by atomic mass is 35.7. The maximum atomic E-state index is 12.2. The summed E-state index contributed by atoms with van der Waals surface area (Å²) in [5.74, 6) is -0.356. The van der Waals surface area contributed by atoms with Gasteiger partial charge in [0.1, 0.15) is 15.8 Å². The van der Waals surface area contributed by atoms with Crippen LogP contribution in [0.25, 0.3) is 0 Å². The third kappa shape index (κ3) is 1.78. The molecule has 0 fully saturated rings. The van der Waals surface area contributed by atoms with Crippen LogP contribution in [-0.4, -0.2) is 4.21 Å². The standard InChI is InChI=1S/C6H4ClFOS/c7-10(9)6-3-1-5(8)2-4-6/h1-4H/t10-/m0/s1. The molecule has 54 valence electrons. The summed E-state index contributed by atoms with van der Waals surface area (Å²) >= 11 is 0. The zero-order chi connectivity index (χ0) is 7.56. The average molecular weight is 179 g/mol. The number of halogens is 2. The molecular formula is C6H4ClFOS. The molecule has 0 unspecified atom stereocenters. The molecule has 0 heterocycles. The molecule has 0 bridgehead atoms. The summed E-state index contributed by atoms with van der Waals surface area (Å²) in [6, 6.07) is 5.21. The van der Waals surface area contributed by atoms with Crippen LogP contribution in [-0.2, 0) is 10.0 Å². The van der Waals surface area contributed by atoms with Gasteiger partial charge in [-0.05, 0) is 34.9 Å². The van der Waals surface area contributed by atoms with E-state index in [9.17, 15) is 8.60 Å². The quantitative estimate of drug-likeness (QED) is 0.602. The third-order valence-corrected chi connectivity index (χ3v) is 2.18. The Hall–Kier alpha value is -0.410. The van der Waals surface area contributed by atoms with Crippen molar-refractivity contribution in [1.82, 2.24) is 0 Å². The normalized spacial score (nSPS) is 13.0. The summed E-state index contributed by atoms with van der Waals surface area (Å²) in [6.45, 7) is 0. The van der Waals surface area contributed by atoms with E-state index in [1.807, 2.05) is 0 Å². The summed E-state index contributed by atoms with van der Waals surface area (Å²) in [7, 11) is 3.67. The van der Waals surface area contributed by atoms with Crippen molar-refractivity contribution in [2.45, 2.75) is 4.90 Å². The number of hydrogen-bond donors (Lipinski definition) is 0. The predicted molar refractivity (Wildman–Crippen MR) is 38.7 cm³/mol. The molecule has 0 aliphatic rings. The zero-order valence-electron chi connectivity index (χ0n) is 4.88. The van der Waals surface area contributed by atoms with Crippen molar-refractivity contribution in [3.63, 3.8) is 0 Å². The molecule has 0 saturated carbocycles. The molecule has 0 N–H and O–H groups in total. The van der Waals surface area contributed by atoms with Gasteiger partial charge < -0.3 is 0 Å². The second-order valence-corrected chi connectivity index (χ2v) is 3.44. The lowest BCUT2D eigenvalue weighted by Gasteiger charge is -1.90. The Morgan fingerprint density at radius 3 is 2.20 bits per heavy atom. The molecule has 1 atom stereocenters. The molecule has 0 saturated heterocycles. The predicted octanol–water partition coefficient (Wildman–Crippen LogP) is 2.09. The molecule has 0 aromatic heterocycles. The molecule has 1 aromatic rings. The van der Waals surface area contributed by atoms with Crippen LogP contribution in [0.1, 0.15) is 0 Å². The summed E-state index contributed by atoms with van der Waals surface area (Å²) in [6.07, 6.45) is 0. The van der Waals surface area contributed by atoms with Gasteiger partial charge in [-0.15, -0.1) is 0 Å². The van der Waals surface area contributed by atoms with Crippen molar-refractivity contribution >= 4 is 20.7 Å². The molecule has 1 aromatic carbocycles. The maximum Gasteiger partial charge on any atom is 0.147 e. The first kappa shape index (κ1) is 7.69. The lowest BCUT2D eigenvalue weighted by Crippen LogP contribution is -1.80. The van der Waals surface area contributed by atoms with Crippen molar-refractivity contribution in [1.29, 1.82) is 0 Å². The fourth-order valence-corrected chi connectivity index (χ4v) is 1.20. The van der Waals surface area contributed by atoms with Crippen molar-refractivity contribution in [2.24, 2.45) is 0 Å². The third-order valence-electron chi connectivity index (χ3n) is 0.999. The van der Waals surface area contributed by atoms with Gasteiger partial charge in [0.05, 0.1) is 4.90 Å². The maximum absolute atomic E-state index is 12.2. The Bertz CT molecular complexity index is 246. The van der Waals surface area contributed by atoms with E-state index >= 15 is 0 Å². The Balaban J connectivity index is 3.00. The largest absolute Gasteiger partial charge is 0.237 e. The monoisotopic (exact) mass is 178 g/mol. The highest BCUT2D eigenvalue weighted by molar-refractivity contribution is 8.08. The summed E-state index contributed by atoms with van der Waals surface area (Å²) in [4.78, 5) is 0.420. The molecule has 0 aliphatic carbocycles. The smallest absolute Gasteiger partial charge is 0.147 e. The van der Waals surface area contributed by atoms with E-state index < -0.39 is 10.0 Å². The minimum absolute atomic E-state index is 0.356. The molecule has 1 nitrogen and oxygen atoms in total. The van der Waals surface area contributed by atoms with E-state index in [1.165, 1.54) is 24.3 Å². The summed E-state index contributed by atoms with van der Waals surface area (Å²) < 4.78 is 22.7. The van der Waals surface area contributed by atoms with E-state index in [0.717, 1.165) is 0 Å². The van der Waals surface area contributed by atoms with E-state index in [2.05, 4.69) is 0 Å². The zero-order valence-corrected chi connectivity index (χ0v) is 6.45. The van der Waals surface area contributed by atoms with Crippen LogP contribution in [0.5, 0.6) is 0 Å². The Morgan fingerprint density at radius 1 is 1.30 bits per heavy atom. The van der Waals surface area contributed by atoms with Gasteiger partial charge in [0.15, 0.2) is 0 Å². The molecule has 0 spiro atoms. The van der Waals surface area contributed by atoms with Crippen molar-refractivity contribution in [3.8, 4) is 0 Å². The van der Waals surface area contributed by atoms with Gasteiger partial charge in [-0.3, -0.25) is 0 Å². The first-order valence-electron chi connectivity index (χ1n) is 2.54. The van der Waals surface area contributed by atoms with Gasteiger partial charge in [0.25, 0.3) is 0 Å². The van der Waals surface area contributed by atoms with Crippen molar-refractivity contribution in [2.75, 3.05) is 0 Å². The minimum atomic E-state index is -1.53. The van der Waals surface area contributed by atoms with Gasteiger partial charge >= 0.3 is 0 Å². The second kappa shape index (κ2) is 3.12. The number of hydrogen-bond acceptors (Lipinski definition) is 1. The van der Waals surface area contributed by atoms with Gasteiger partial charge in [-0.25, -0.2) is 8.60 Å². The average Bonchev–Trinajstić information content (AvgIpc) is 1.88. The van der Waals surface area contributed by atoms with E-state index in [-0.39, 0.29) is 5.82 Å². The second-order valence-electron chi connectivity index (χ2n) is 1.68. The van der Waals surface area contributed by atoms with Crippen LogP contribution in [0.4, 0.5) is 4.39 Å². The van der Waals surface area contributed by atoms with Crippen molar-refractivity contribution in [3.05, 3.63) is 30.1 Å². The van der Waals surface area contributed by atoms with Crippen LogP contribution in [0.2, 0.25) is 0 Å². The number of benzene rings is 1. The molecule has 4 heteroatoms. The Kier molecular flexibility index (Phi) is 2.40. The summed E-state index contributed by atoms with van der Waals surface area (Å²) in [5, 5.41) is 0. The van der Waals surface area contributed by atoms with Crippen LogP contribution in [0.15, 0.2) is 29.2 Å². The number of rotatable bonds is 1. The summed E-state index contributed by atoms with van der Waals surface area (Å²) in [5.41, 5.74) is 0. The highest BCUT2D eigenvalue weighted by Gasteiger charge is 1.97. The first-order chi connectivity index (χ1) is 4.70. The van der Waals surface area contributed by atoms with Crippen LogP contribution < -0.4 is 0 Å². The van der Waals surface area contributed by atoms with Crippen molar-refractivity contribution < 1.29 is 8.60 Å². The van der Waals surface area contributed by atoms with E-state index in [4.69, 9.17) is 10.7 Å². The molecule has 0 amide bonds. The molecule has 1 rings (SSSR count). The van der Waals surface area contributed by atoms with Crippen LogP contribution in [0, 0.1) is 5.82 Å².